The van der Waals surface area contributed by atoms with Gasteiger partial charge in [0.2, 0.25) is 0 Å². The molecule has 0 saturated heterocycles. The van der Waals surface area contributed by atoms with Crippen LogP contribution in [-0.4, -0.2) is 25.3 Å². The SMILES string of the molecule is CCC1CCC/C1=N\NC(=O)CNc1ccccc1OC. The molecule has 5 heteroatoms. The van der Waals surface area contributed by atoms with Gasteiger partial charge >= 0.3 is 0 Å². The average molecular weight is 289 g/mol. The third kappa shape index (κ3) is 4.21. The summed E-state index contributed by atoms with van der Waals surface area (Å²) in [5, 5.41) is 7.33. The van der Waals surface area contributed by atoms with Crippen LogP contribution in [0.3, 0.4) is 0 Å². The molecule has 1 aliphatic carbocycles. The van der Waals surface area contributed by atoms with E-state index in [0.717, 1.165) is 30.0 Å². The number of hydrogen-bond acceptors (Lipinski definition) is 4. The highest BCUT2D eigenvalue weighted by atomic mass is 16.5. The standard InChI is InChI=1S/C16H23N3O2/c1-3-12-7-6-9-13(12)18-19-16(20)11-17-14-8-4-5-10-15(14)21-2/h4-5,8,10,12,17H,3,6-7,9,11H2,1-2H3,(H,19,20)/b18-13+. The third-order valence-corrected chi connectivity index (χ3v) is 3.82. The Labute approximate surface area is 125 Å². The summed E-state index contributed by atoms with van der Waals surface area (Å²) in [4.78, 5) is 11.8. The molecule has 1 fully saturated rings. The molecule has 1 aromatic carbocycles. The molecule has 0 spiro atoms. The van der Waals surface area contributed by atoms with Gasteiger partial charge < -0.3 is 10.1 Å². The molecule has 2 N–H and O–H groups in total. The highest BCUT2D eigenvalue weighted by molar-refractivity contribution is 5.90. The van der Waals surface area contributed by atoms with Gasteiger partial charge in [-0.05, 0) is 43.7 Å². The van der Waals surface area contributed by atoms with E-state index in [9.17, 15) is 4.79 Å². The van der Waals surface area contributed by atoms with Crippen LogP contribution in [0.25, 0.3) is 0 Å². The van der Waals surface area contributed by atoms with Crippen LogP contribution >= 0.6 is 0 Å². The van der Waals surface area contributed by atoms with Crippen molar-refractivity contribution in [2.75, 3.05) is 19.0 Å². The monoisotopic (exact) mass is 289 g/mol. The second kappa shape index (κ2) is 7.67. The predicted octanol–water partition coefficient (Wildman–Crippen LogP) is 2.79. The van der Waals surface area contributed by atoms with Crippen LogP contribution in [0.4, 0.5) is 5.69 Å². The number of nitrogens with one attached hydrogen (secondary N) is 2. The summed E-state index contributed by atoms with van der Waals surface area (Å²) < 4.78 is 5.23. The van der Waals surface area contributed by atoms with Gasteiger partial charge in [0.15, 0.2) is 0 Å². The maximum Gasteiger partial charge on any atom is 0.259 e. The Morgan fingerprint density at radius 2 is 2.24 bits per heavy atom. The van der Waals surface area contributed by atoms with Gasteiger partial charge in [0.25, 0.3) is 5.91 Å². The topological polar surface area (TPSA) is 62.7 Å². The number of nitrogens with zero attached hydrogens (tertiary/aromatic N) is 1. The maximum atomic E-state index is 11.8. The van der Waals surface area contributed by atoms with Gasteiger partial charge in [0.05, 0.1) is 19.3 Å². The lowest BCUT2D eigenvalue weighted by atomic mass is 10.0. The summed E-state index contributed by atoms with van der Waals surface area (Å²) in [6.07, 6.45) is 4.45. The normalized spacial score (nSPS) is 19.5. The summed E-state index contributed by atoms with van der Waals surface area (Å²) in [6.45, 7) is 2.34. The number of ether oxygens (including phenoxy) is 1. The van der Waals surface area contributed by atoms with Crippen molar-refractivity contribution < 1.29 is 9.53 Å². The summed E-state index contributed by atoms with van der Waals surface area (Å²) >= 11 is 0. The Hall–Kier alpha value is -2.04. The first-order valence-electron chi connectivity index (χ1n) is 7.46. The second-order valence-electron chi connectivity index (χ2n) is 5.19. The Kier molecular flexibility index (Phi) is 5.60. The van der Waals surface area contributed by atoms with E-state index in [1.807, 2.05) is 24.3 Å². The Morgan fingerprint density at radius 1 is 1.43 bits per heavy atom. The minimum atomic E-state index is -0.143. The molecule has 1 aromatic rings. The highest BCUT2D eigenvalue weighted by Crippen LogP contribution is 2.25. The number of hydrazone groups is 1. The van der Waals surface area contributed by atoms with E-state index in [-0.39, 0.29) is 12.5 Å². The molecule has 1 aliphatic rings. The van der Waals surface area contributed by atoms with Gasteiger partial charge in [-0.1, -0.05) is 19.1 Å². The summed E-state index contributed by atoms with van der Waals surface area (Å²) in [5.41, 5.74) is 4.57. The van der Waals surface area contributed by atoms with Crippen molar-refractivity contribution in [1.29, 1.82) is 0 Å². The van der Waals surface area contributed by atoms with E-state index >= 15 is 0 Å². The molecule has 0 aliphatic heterocycles. The van der Waals surface area contributed by atoms with Gasteiger partial charge in [-0.25, -0.2) is 5.43 Å². The molecule has 114 valence electrons. The first kappa shape index (κ1) is 15.4. The average Bonchev–Trinajstić information content (AvgIpc) is 2.98. The molecule has 0 aromatic heterocycles. The lowest BCUT2D eigenvalue weighted by Gasteiger charge is -2.11. The molecular formula is C16H23N3O2. The lowest BCUT2D eigenvalue weighted by Crippen LogP contribution is -2.27. The van der Waals surface area contributed by atoms with Crippen LogP contribution in [0.1, 0.15) is 32.6 Å². The van der Waals surface area contributed by atoms with E-state index < -0.39 is 0 Å². The Morgan fingerprint density at radius 3 is 3.00 bits per heavy atom. The number of anilines is 1. The zero-order valence-corrected chi connectivity index (χ0v) is 12.7. The fraction of sp³-hybridized carbons (Fsp3) is 0.500. The van der Waals surface area contributed by atoms with Crippen molar-refractivity contribution in [1.82, 2.24) is 5.43 Å². The van der Waals surface area contributed by atoms with Crippen LogP contribution in [0.5, 0.6) is 5.75 Å². The van der Waals surface area contributed by atoms with E-state index in [0.29, 0.717) is 5.92 Å². The van der Waals surface area contributed by atoms with Crippen molar-refractivity contribution >= 4 is 17.3 Å². The number of hydrogen-bond donors (Lipinski definition) is 2. The van der Waals surface area contributed by atoms with Crippen LogP contribution in [0.15, 0.2) is 29.4 Å². The molecular weight excluding hydrogens is 266 g/mol. The fourth-order valence-corrected chi connectivity index (χ4v) is 2.63. The summed E-state index contributed by atoms with van der Waals surface area (Å²) in [7, 11) is 1.61. The largest absolute Gasteiger partial charge is 0.495 e. The van der Waals surface area contributed by atoms with E-state index in [4.69, 9.17) is 4.74 Å². The van der Waals surface area contributed by atoms with Crippen molar-refractivity contribution in [2.24, 2.45) is 11.0 Å². The van der Waals surface area contributed by atoms with Crippen LogP contribution in [0, 0.1) is 5.92 Å². The molecule has 1 unspecified atom stereocenters. The maximum absolute atomic E-state index is 11.8. The first-order chi connectivity index (χ1) is 10.2. The predicted molar refractivity (Wildman–Crippen MR) is 84.7 cm³/mol. The van der Waals surface area contributed by atoms with Crippen LogP contribution < -0.4 is 15.5 Å². The smallest absolute Gasteiger partial charge is 0.259 e. The molecule has 21 heavy (non-hydrogen) atoms. The van der Waals surface area contributed by atoms with Crippen LogP contribution in [0.2, 0.25) is 0 Å². The van der Waals surface area contributed by atoms with Gasteiger partial charge in [0.1, 0.15) is 5.75 Å². The molecule has 0 radical (unpaired) electrons. The van der Waals surface area contributed by atoms with Gasteiger partial charge in [-0.3, -0.25) is 4.79 Å². The minimum Gasteiger partial charge on any atom is -0.495 e. The van der Waals surface area contributed by atoms with Crippen molar-refractivity contribution in [2.45, 2.75) is 32.6 Å². The Balaban J connectivity index is 1.84. The number of rotatable bonds is 6. The number of para-hydroxylation sites is 2. The molecule has 0 bridgehead atoms. The molecule has 1 saturated carbocycles. The number of amides is 1. The van der Waals surface area contributed by atoms with Crippen molar-refractivity contribution in [3.8, 4) is 5.75 Å². The van der Waals surface area contributed by atoms with Crippen molar-refractivity contribution in [3.05, 3.63) is 24.3 Å². The summed E-state index contributed by atoms with van der Waals surface area (Å²) in [6, 6.07) is 7.52. The number of carbonyl (C=O) groups is 1. The molecule has 5 nitrogen and oxygen atoms in total. The summed E-state index contributed by atoms with van der Waals surface area (Å²) in [5.74, 6) is 1.11. The highest BCUT2D eigenvalue weighted by Gasteiger charge is 2.20. The number of carbonyl (C=O) groups excluding carboxylic acids is 1. The van der Waals surface area contributed by atoms with Gasteiger partial charge in [0, 0.05) is 5.71 Å². The van der Waals surface area contributed by atoms with Gasteiger partial charge in [-0.2, -0.15) is 5.10 Å². The zero-order valence-electron chi connectivity index (χ0n) is 12.7. The van der Waals surface area contributed by atoms with E-state index in [1.165, 1.54) is 12.8 Å². The molecule has 1 amide bonds. The fourth-order valence-electron chi connectivity index (χ4n) is 2.63. The first-order valence-corrected chi connectivity index (χ1v) is 7.46. The van der Waals surface area contributed by atoms with E-state index in [2.05, 4.69) is 22.8 Å². The van der Waals surface area contributed by atoms with Crippen molar-refractivity contribution in [3.63, 3.8) is 0 Å². The second-order valence-corrected chi connectivity index (χ2v) is 5.19. The third-order valence-electron chi connectivity index (χ3n) is 3.82. The lowest BCUT2D eigenvalue weighted by molar-refractivity contribution is -0.119. The van der Waals surface area contributed by atoms with Crippen LogP contribution in [-0.2, 0) is 4.79 Å². The molecule has 2 rings (SSSR count). The zero-order chi connectivity index (χ0) is 15.1. The minimum absolute atomic E-state index is 0.143. The van der Waals surface area contributed by atoms with Gasteiger partial charge in [-0.15, -0.1) is 0 Å². The number of benzene rings is 1. The number of methoxy groups -OCH3 is 1. The molecule has 0 heterocycles. The quantitative estimate of drug-likeness (QED) is 0.792. The Bertz CT molecular complexity index is 514. The van der Waals surface area contributed by atoms with E-state index in [1.54, 1.807) is 7.11 Å². The molecule has 1 atom stereocenters.